The number of H-pyrrole nitrogens is 1. The third-order valence-corrected chi connectivity index (χ3v) is 7.88. The van der Waals surface area contributed by atoms with Crippen molar-refractivity contribution in [1.82, 2.24) is 30.2 Å². The number of carbonyl (C=O) groups is 1. The zero-order valence-electron chi connectivity index (χ0n) is 24.2. The maximum atomic E-state index is 12.2. The van der Waals surface area contributed by atoms with E-state index in [1.165, 1.54) is 12.5 Å². The van der Waals surface area contributed by atoms with Crippen LogP contribution in [0.2, 0.25) is 0 Å². The monoisotopic (exact) mass is 588 g/mol. The molecule has 0 spiro atoms. The average Bonchev–Trinajstić information content (AvgIpc) is 3.84. The normalized spacial score (nSPS) is 11.3. The minimum atomic E-state index is -0.863. The van der Waals surface area contributed by atoms with E-state index in [1.807, 2.05) is 102 Å². The van der Waals surface area contributed by atoms with Gasteiger partial charge in [0, 0.05) is 5.56 Å². The quantitative estimate of drug-likeness (QED) is 0.145. The molecule has 0 radical (unpaired) electrons. The Balaban J connectivity index is 1.33. The van der Waals surface area contributed by atoms with Gasteiger partial charge in [-0.25, -0.2) is 14.5 Å². The van der Waals surface area contributed by atoms with Crippen molar-refractivity contribution in [1.29, 1.82) is 0 Å². The van der Waals surface area contributed by atoms with Crippen LogP contribution in [-0.2, 0) is 16.9 Å². The van der Waals surface area contributed by atoms with E-state index >= 15 is 0 Å². The third-order valence-electron chi connectivity index (χ3n) is 7.88. The fraction of sp³-hybridized carbons (Fsp3) is 0.0541. The summed E-state index contributed by atoms with van der Waals surface area (Å²) in [6, 6.07) is 47.1. The van der Waals surface area contributed by atoms with Crippen LogP contribution in [0.25, 0.3) is 22.5 Å². The molecule has 8 nitrogen and oxygen atoms in total. The molecule has 0 saturated heterocycles. The van der Waals surface area contributed by atoms with E-state index in [4.69, 9.17) is 9.95 Å². The minimum Gasteiger partial charge on any atom is -0.456 e. The molecule has 0 saturated carbocycles. The van der Waals surface area contributed by atoms with Gasteiger partial charge in [-0.1, -0.05) is 140 Å². The zero-order chi connectivity index (χ0) is 30.5. The summed E-state index contributed by atoms with van der Waals surface area (Å²) in [5, 5.41) is 13.6. The van der Waals surface area contributed by atoms with Gasteiger partial charge in [0.1, 0.15) is 17.8 Å². The van der Waals surface area contributed by atoms with Crippen LogP contribution in [0.3, 0.4) is 0 Å². The summed E-state index contributed by atoms with van der Waals surface area (Å²) < 4.78 is 7.38. The highest BCUT2D eigenvalue weighted by Crippen LogP contribution is 2.43. The second-order valence-electron chi connectivity index (χ2n) is 10.5. The van der Waals surface area contributed by atoms with Gasteiger partial charge >= 0.3 is 5.97 Å². The lowest BCUT2D eigenvalue weighted by Crippen LogP contribution is -2.39. The average molecular weight is 589 g/mol. The molecule has 7 rings (SSSR count). The lowest BCUT2D eigenvalue weighted by atomic mass is 9.77. The molecule has 0 amide bonds. The smallest absolute Gasteiger partial charge is 0.356 e. The van der Waals surface area contributed by atoms with Gasteiger partial charge in [-0.05, 0) is 43.8 Å². The lowest BCUT2D eigenvalue weighted by molar-refractivity contribution is 0.0466. The van der Waals surface area contributed by atoms with E-state index < -0.39 is 11.5 Å². The second-order valence-corrected chi connectivity index (χ2v) is 10.5. The van der Waals surface area contributed by atoms with E-state index in [0.29, 0.717) is 11.5 Å². The van der Waals surface area contributed by atoms with Gasteiger partial charge in [-0.2, -0.15) is 0 Å². The molecule has 2 heterocycles. The summed E-state index contributed by atoms with van der Waals surface area (Å²) in [4.78, 5) is 18.9. The standard InChI is InChI=1S/C37H28N6O2/c44-36(34-24-38-26-39-34)45-25-27-20-22-28(23-21-27)32-18-10-11-19-33(32)35-40-41-42-43(35)37(29-12-4-1-5-13-29,30-14-6-2-7-15-30)31-16-8-3-9-17-31/h1-24,26H,25H2,(H,38,39). The first-order valence-corrected chi connectivity index (χ1v) is 14.5. The maximum absolute atomic E-state index is 12.2. The largest absolute Gasteiger partial charge is 0.456 e. The molecule has 0 aliphatic rings. The summed E-state index contributed by atoms with van der Waals surface area (Å²) in [7, 11) is 0. The summed E-state index contributed by atoms with van der Waals surface area (Å²) in [6.07, 6.45) is 2.89. The number of benzene rings is 5. The SMILES string of the molecule is O=C(OCc1ccc(-c2ccccc2-c2nnnn2C(c2ccccc2)(c2ccccc2)c2ccccc2)cc1)c1cnc[nH]1. The van der Waals surface area contributed by atoms with Crippen molar-refractivity contribution in [2.45, 2.75) is 12.1 Å². The molecule has 218 valence electrons. The molecule has 2 aromatic heterocycles. The number of hydrogen-bond acceptors (Lipinski definition) is 6. The van der Waals surface area contributed by atoms with E-state index in [2.05, 4.69) is 62.7 Å². The maximum Gasteiger partial charge on any atom is 0.356 e. The molecule has 7 aromatic rings. The van der Waals surface area contributed by atoms with Crippen LogP contribution in [0.15, 0.2) is 152 Å². The minimum absolute atomic E-state index is 0.145. The van der Waals surface area contributed by atoms with Gasteiger partial charge < -0.3 is 9.72 Å². The van der Waals surface area contributed by atoms with Crippen LogP contribution in [0.1, 0.15) is 32.7 Å². The van der Waals surface area contributed by atoms with Crippen molar-refractivity contribution < 1.29 is 9.53 Å². The van der Waals surface area contributed by atoms with E-state index in [-0.39, 0.29) is 6.61 Å². The summed E-state index contributed by atoms with van der Waals surface area (Å²) >= 11 is 0. The van der Waals surface area contributed by atoms with E-state index in [0.717, 1.165) is 38.9 Å². The number of aromatic nitrogens is 6. The number of imidazole rings is 1. The first-order chi connectivity index (χ1) is 22.2. The van der Waals surface area contributed by atoms with Crippen LogP contribution in [0, 0.1) is 0 Å². The highest BCUT2D eigenvalue weighted by molar-refractivity contribution is 5.86. The molecule has 0 aliphatic carbocycles. The number of esters is 1. The highest BCUT2D eigenvalue weighted by atomic mass is 16.5. The first kappa shape index (κ1) is 27.7. The molecule has 1 N–H and O–H groups in total. The van der Waals surface area contributed by atoms with Gasteiger partial charge in [0.2, 0.25) is 0 Å². The number of tetrazole rings is 1. The van der Waals surface area contributed by atoms with Crippen LogP contribution in [-0.4, -0.2) is 36.1 Å². The van der Waals surface area contributed by atoms with Crippen LogP contribution in [0.5, 0.6) is 0 Å². The number of aromatic amines is 1. The number of hydrogen-bond donors (Lipinski definition) is 1. The molecular weight excluding hydrogens is 560 g/mol. The van der Waals surface area contributed by atoms with E-state index in [9.17, 15) is 4.79 Å². The Morgan fingerprint density at radius 1 is 0.689 bits per heavy atom. The second kappa shape index (κ2) is 12.2. The van der Waals surface area contributed by atoms with Crippen molar-refractivity contribution >= 4 is 5.97 Å². The Labute approximate surface area is 260 Å². The Hall–Kier alpha value is -6.15. The Morgan fingerprint density at radius 3 is 1.80 bits per heavy atom. The molecule has 0 bridgehead atoms. The molecule has 8 heteroatoms. The Kier molecular flexibility index (Phi) is 7.51. The van der Waals surface area contributed by atoms with Crippen LogP contribution >= 0.6 is 0 Å². The van der Waals surface area contributed by atoms with Crippen LogP contribution in [0.4, 0.5) is 0 Å². The molecule has 0 fully saturated rings. The highest BCUT2D eigenvalue weighted by Gasteiger charge is 2.42. The van der Waals surface area contributed by atoms with Gasteiger partial charge in [0.15, 0.2) is 5.82 Å². The van der Waals surface area contributed by atoms with Gasteiger partial charge in [0.05, 0.1) is 12.5 Å². The molecule has 5 aromatic carbocycles. The molecule has 0 unspecified atom stereocenters. The third kappa shape index (κ3) is 5.19. The number of carbonyl (C=O) groups excluding carboxylic acids is 1. The Bertz CT molecular complexity index is 1910. The summed E-state index contributed by atoms with van der Waals surface area (Å²) in [5.41, 5.74) is 6.24. The van der Waals surface area contributed by atoms with Crippen molar-refractivity contribution in [3.63, 3.8) is 0 Å². The number of nitrogens with zero attached hydrogens (tertiary/aromatic N) is 5. The van der Waals surface area contributed by atoms with Crippen molar-refractivity contribution in [2.75, 3.05) is 0 Å². The number of ether oxygens (including phenoxy) is 1. The number of nitrogens with one attached hydrogen (secondary N) is 1. The van der Waals surface area contributed by atoms with Crippen LogP contribution < -0.4 is 0 Å². The summed E-state index contributed by atoms with van der Waals surface area (Å²) in [5.74, 6) is 0.173. The van der Waals surface area contributed by atoms with Crippen molar-refractivity contribution in [3.8, 4) is 22.5 Å². The molecule has 0 aliphatic heterocycles. The predicted octanol–water partition coefficient (Wildman–Crippen LogP) is 6.93. The topological polar surface area (TPSA) is 98.6 Å². The molecular formula is C37H28N6O2. The molecule has 0 atom stereocenters. The van der Waals surface area contributed by atoms with Gasteiger partial charge in [-0.15, -0.1) is 5.10 Å². The van der Waals surface area contributed by atoms with Crippen molar-refractivity contribution in [3.05, 3.63) is 180 Å². The predicted molar refractivity (Wildman–Crippen MR) is 171 cm³/mol. The Morgan fingerprint density at radius 2 is 1.24 bits per heavy atom. The van der Waals surface area contributed by atoms with Crippen molar-refractivity contribution in [2.24, 2.45) is 0 Å². The van der Waals surface area contributed by atoms with Gasteiger partial charge in [-0.3, -0.25) is 0 Å². The number of rotatable bonds is 9. The van der Waals surface area contributed by atoms with Gasteiger partial charge in [0.25, 0.3) is 0 Å². The zero-order valence-corrected chi connectivity index (χ0v) is 24.2. The first-order valence-electron chi connectivity index (χ1n) is 14.5. The summed E-state index contributed by atoms with van der Waals surface area (Å²) in [6.45, 7) is 0.145. The lowest BCUT2D eigenvalue weighted by Gasteiger charge is -2.36. The molecule has 45 heavy (non-hydrogen) atoms. The fourth-order valence-electron chi connectivity index (χ4n) is 5.79. The fourth-order valence-corrected chi connectivity index (χ4v) is 5.79. The van der Waals surface area contributed by atoms with E-state index in [1.54, 1.807) is 0 Å².